The Hall–Kier alpha value is -1.55. The summed E-state index contributed by atoms with van der Waals surface area (Å²) in [7, 11) is 0. The van der Waals surface area contributed by atoms with E-state index in [4.69, 9.17) is 5.73 Å². The summed E-state index contributed by atoms with van der Waals surface area (Å²) in [4.78, 5) is 15.0. The van der Waals surface area contributed by atoms with E-state index < -0.39 is 0 Å². The summed E-state index contributed by atoms with van der Waals surface area (Å²) in [5.74, 6) is 0.124. The fourth-order valence-electron chi connectivity index (χ4n) is 4.47. The predicted molar refractivity (Wildman–Crippen MR) is 95.5 cm³/mol. The largest absolute Gasteiger partial charge is 0.358 e. The van der Waals surface area contributed by atoms with Crippen LogP contribution >= 0.6 is 0 Å². The minimum Gasteiger partial charge on any atom is -0.358 e. The number of amides is 1. The first-order chi connectivity index (χ1) is 10.7. The second-order valence-electron chi connectivity index (χ2n) is 8.71. The van der Waals surface area contributed by atoms with E-state index in [0.29, 0.717) is 12.0 Å². The van der Waals surface area contributed by atoms with Gasteiger partial charge in [0.15, 0.2) is 0 Å². The lowest BCUT2D eigenvalue weighted by Crippen LogP contribution is -2.52. The average molecular weight is 315 g/mol. The summed E-state index contributed by atoms with van der Waals surface area (Å²) in [6.07, 6.45) is 3.13. The van der Waals surface area contributed by atoms with Crippen LogP contribution in [0.2, 0.25) is 0 Å². The van der Waals surface area contributed by atoms with Gasteiger partial charge in [-0.25, -0.2) is 0 Å². The van der Waals surface area contributed by atoms with Crippen molar-refractivity contribution in [1.29, 1.82) is 0 Å². The Morgan fingerprint density at radius 1 is 1.26 bits per heavy atom. The van der Waals surface area contributed by atoms with Gasteiger partial charge in [0.05, 0.1) is 11.4 Å². The Kier molecular flexibility index (Phi) is 3.91. The van der Waals surface area contributed by atoms with Crippen LogP contribution in [0.3, 0.4) is 0 Å². The molecule has 2 aliphatic heterocycles. The van der Waals surface area contributed by atoms with E-state index in [-0.39, 0.29) is 17.4 Å². The van der Waals surface area contributed by atoms with Crippen molar-refractivity contribution in [2.75, 3.05) is 16.8 Å². The van der Waals surface area contributed by atoms with Crippen LogP contribution in [-0.2, 0) is 11.3 Å². The molecule has 1 unspecified atom stereocenters. The molecule has 0 aromatic heterocycles. The molecule has 0 bridgehead atoms. The van der Waals surface area contributed by atoms with Crippen molar-refractivity contribution in [3.05, 3.63) is 23.8 Å². The summed E-state index contributed by atoms with van der Waals surface area (Å²) in [6.45, 7) is 10.7. The molecule has 1 fully saturated rings. The number of fused-ring (bicyclic) bond motifs is 3. The average Bonchev–Trinajstić information content (AvgIpc) is 2.44. The normalized spacial score (nSPS) is 25.7. The summed E-state index contributed by atoms with van der Waals surface area (Å²) in [5, 5.41) is 3.10. The third kappa shape index (κ3) is 3.23. The number of nitrogens with one attached hydrogen (secondary N) is 1. The van der Waals surface area contributed by atoms with Crippen LogP contribution < -0.4 is 16.0 Å². The minimum atomic E-state index is -0.0719. The van der Waals surface area contributed by atoms with Crippen molar-refractivity contribution in [3.8, 4) is 0 Å². The molecule has 1 aromatic carbocycles. The standard InChI is InChI=1S/C19H29N3O/c1-18(2)7-8-22-15-6-5-13(11-20)9-14(15)21-17(23)16(22)10-19(3,4)12-18/h5-6,9,16H,7-8,10-12,20H2,1-4H3,(H,21,23). The van der Waals surface area contributed by atoms with Crippen LogP contribution in [0.5, 0.6) is 0 Å². The molecule has 1 saturated heterocycles. The van der Waals surface area contributed by atoms with Gasteiger partial charge in [-0.3, -0.25) is 4.79 Å². The topological polar surface area (TPSA) is 58.4 Å². The molecule has 1 amide bonds. The van der Waals surface area contributed by atoms with Gasteiger partial charge in [-0.15, -0.1) is 0 Å². The van der Waals surface area contributed by atoms with Gasteiger partial charge in [-0.1, -0.05) is 33.8 Å². The highest BCUT2D eigenvalue weighted by atomic mass is 16.2. The molecule has 2 heterocycles. The quantitative estimate of drug-likeness (QED) is 0.834. The lowest BCUT2D eigenvalue weighted by atomic mass is 9.69. The Balaban J connectivity index is 2.01. The number of anilines is 2. The maximum Gasteiger partial charge on any atom is 0.247 e. The zero-order valence-electron chi connectivity index (χ0n) is 14.8. The van der Waals surface area contributed by atoms with Crippen molar-refractivity contribution < 1.29 is 4.79 Å². The van der Waals surface area contributed by atoms with Gasteiger partial charge < -0.3 is 16.0 Å². The molecular formula is C19H29N3O. The number of hydrogen-bond donors (Lipinski definition) is 2. The maximum absolute atomic E-state index is 12.7. The summed E-state index contributed by atoms with van der Waals surface area (Å²) >= 11 is 0. The number of nitrogens with two attached hydrogens (primary N) is 1. The molecule has 0 spiro atoms. The smallest absolute Gasteiger partial charge is 0.247 e. The zero-order chi connectivity index (χ0) is 16.8. The summed E-state index contributed by atoms with van der Waals surface area (Å²) in [5.41, 5.74) is 9.28. The molecule has 0 saturated carbocycles. The maximum atomic E-state index is 12.7. The Labute approximate surface area is 139 Å². The van der Waals surface area contributed by atoms with E-state index in [9.17, 15) is 4.79 Å². The zero-order valence-corrected chi connectivity index (χ0v) is 14.8. The molecule has 3 rings (SSSR count). The van der Waals surface area contributed by atoms with E-state index in [1.807, 2.05) is 6.07 Å². The van der Waals surface area contributed by atoms with E-state index in [2.05, 4.69) is 50.0 Å². The van der Waals surface area contributed by atoms with Gasteiger partial charge in [0.25, 0.3) is 0 Å². The monoisotopic (exact) mass is 315 g/mol. The summed E-state index contributed by atoms with van der Waals surface area (Å²) < 4.78 is 0. The lowest BCUT2D eigenvalue weighted by Gasteiger charge is -2.47. The number of rotatable bonds is 1. The highest BCUT2D eigenvalue weighted by Crippen LogP contribution is 2.45. The van der Waals surface area contributed by atoms with Gasteiger partial charge >= 0.3 is 0 Å². The van der Waals surface area contributed by atoms with Crippen molar-refractivity contribution >= 4 is 17.3 Å². The second-order valence-corrected chi connectivity index (χ2v) is 8.71. The molecule has 126 valence electrons. The minimum absolute atomic E-state index is 0.0719. The van der Waals surface area contributed by atoms with Crippen LogP contribution in [0.25, 0.3) is 0 Å². The molecule has 3 N–H and O–H groups in total. The van der Waals surface area contributed by atoms with E-state index in [0.717, 1.165) is 42.7 Å². The third-order valence-electron chi connectivity index (χ3n) is 5.28. The van der Waals surface area contributed by atoms with Crippen molar-refractivity contribution in [1.82, 2.24) is 0 Å². The van der Waals surface area contributed by atoms with E-state index in [1.54, 1.807) is 0 Å². The number of carbonyl (C=O) groups is 1. The van der Waals surface area contributed by atoms with Gasteiger partial charge in [-0.05, 0) is 47.8 Å². The van der Waals surface area contributed by atoms with Crippen LogP contribution in [0.4, 0.5) is 11.4 Å². The highest BCUT2D eigenvalue weighted by Gasteiger charge is 2.41. The van der Waals surface area contributed by atoms with Crippen LogP contribution in [0.1, 0.15) is 52.5 Å². The number of carbonyl (C=O) groups excluding carboxylic acids is 1. The fraction of sp³-hybridized carbons (Fsp3) is 0.632. The third-order valence-corrected chi connectivity index (χ3v) is 5.28. The van der Waals surface area contributed by atoms with E-state index in [1.165, 1.54) is 0 Å². The van der Waals surface area contributed by atoms with Crippen molar-refractivity contribution in [2.24, 2.45) is 16.6 Å². The molecule has 0 aliphatic carbocycles. The molecule has 4 heteroatoms. The van der Waals surface area contributed by atoms with Gasteiger partial charge in [-0.2, -0.15) is 0 Å². The van der Waals surface area contributed by atoms with Gasteiger partial charge in [0.2, 0.25) is 5.91 Å². The number of hydrogen-bond acceptors (Lipinski definition) is 3. The molecule has 1 aromatic rings. The number of nitrogens with zero attached hydrogens (tertiary/aromatic N) is 1. The van der Waals surface area contributed by atoms with Crippen LogP contribution in [0, 0.1) is 10.8 Å². The second kappa shape index (κ2) is 5.52. The van der Waals surface area contributed by atoms with Crippen molar-refractivity contribution in [2.45, 2.75) is 59.5 Å². The fourth-order valence-corrected chi connectivity index (χ4v) is 4.47. The lowest BCUT2D eigenvalue weighted by molar-refractivity contribution is -0.118. The molecule has 0 radical (unpaired) electrons. The van der Waals surface area contributed by atoms with Gasteiger partial charge in [0, 0.05) is 13.1 Å². The van der Waals surface area contributed by atoms with Gasteiger partial charge in [0.1, 0.15) is 6.04 Å². The molecule has 1 atom stereocenters. The predicted octanol–water partition coefficient (Wildman–Crippen LogP) is 3.51. The van der Waals surface area contributed by atoms with E-state index >= 15 is 0 Å². The first kappa shape index (κ1) is 16.3. The summed E-state index contributed by atoms with van der Waals surface area (Å²) in [6, 6.07) is 6.13. The molecule has 4 nitrogen and oxygen atoms in total. The number of benzene rings is 1. The SMILES string of the molecule is CC1(C)CCN2c3ccc(CN)cc3NC(=O)C2CC(C)(C)C1. The molecular weight excluding hydrogens is 286 g/mol. The first-order valence-electron chi connectivity index (χ1n) is 8.61. The Bertz CT molecular complexity index is 621. The Morgan fingerprint density at radius 2 is 2.00 bits per heavy atom. The molecule has 23 heavy (non-hydrogen) atoms. The highest BCUT2D eigenvalue weighted by molar-refractivity contribution is 6.03. The molecule has 2 aliphatic rings. The Morgan fingerprint density at radius 3 is 2.70 bits per heavy atom. The van der Waals surface area contributed by atoms with Crippen LogP contribution in [0.15, 0.2) is 18.2 Å². The first-order valence-corrected chi connectivity index (χ1v) is 8.61. The van der Waals surface area contributed by atoms with Crippen molar-refractivity contribution in [3.63, 3.8) is 0 Å². The van der Waals surface area contributed by atoms with Crippen LogP contribution in [-0.4, -0.2) is 18.5 Å².